The number of hydrogen-bond acceptors (Lipinski definition) is 8. The Morgan fingerprint density at radius 2 is 2.22 bits per heavy atom. The third-order valence-electron chi connectivity index (χ3n) is 5.30. The fourth-order valence-electron chi connectivity index (χ4n) is 3.81. The first-order chi connectivity index (χ1) is 15.6. The van der Waals surface area contributed by atoms with Crippen LogP contribution in [0.25, 0.3) is 10.2 Å². The third kappa shape index (κ3) is 3.99. The molecule has 4 aromatic heterocycles. The van der Waals surface area contributed by atoms with Crippen molar-refractivity contribution in [1.29, 1.82) is 5.26 Å². The Kier molecular flexibility index (Phi) is 5.87. The van der Waals surface area contributed by atoms with Gasteiger partial charge in [0.15, 0.2) is 5.16 Å². The summed E-state index contributed by atoms with van der Waals surface area (Å²) in [7, 11) is 0. The number of hydrogen-bond donors (Lipinski definition) is 1. The standard InChI is InChI=1S/C22H18N4O3S3/c23-10-13-7-9-30-19(13)24-17(27)12-31-22-25-20-18(15-5-1-2-6-16(15)32-20)21(28)26(22)11-14-4-3-8-29-14/h3-4,7-9H,1-2,5-6,11-12H2,(H,24,27). The van der Waals surface area contributed by atoms with Crippen LogP contribution in [0.3, 0.4) is 0 Å². The summed E-state index contributed by atoms with van der Waals surface area (Å²) in [4.78, 5) is 32.8. The van der Waals surface area contributed by atoms with E-state index in [0.29, 0.717) is 26.9 Å². The molecular weight excluding hydrogens is 464 g/mol. The van der Waals surface area contributed by atoms with Crippen LogP contribution in [0.15, 0.2) is 44.2 Å². The molecule has 5 rings (SSSR count). The van der Waals surface area contributed by atoms with Gasteiger partial charge in [-0.25, -0.2) is 4.98 Å². The predicted octanol–water partition coefficient (Wildman–Crippen LogP) is 4.64. The lowest BCUT2D eigenvalue weighted by Crippen LogP contribution is -2.25. The van der Waals surface area contributed by atoms with Crippen molar-refractivity contribution < 1.29 is 9.21 Å². The van der Waals surface area contributed by atoms with E-state index in [0.717, 1.165) is 36.1 Å². The molecule has 0 saturated heterocycles. The average molecular weight is 483 g/mol. The summed E-state index contributed by atoms with van der Waals surface area (Å²) in [5.74, 6) is 0.475. The molecule has 4 aromatic rings. The van der Waals surface area contributed by atoms with E-state index in [1.165, 1.54) is 28.0 Å². The van der Waals surface area contributed by atoms with Gasteiger partial charge in [0.25, 0.3) is 5.56 Å². The number of furan rings is 1. The molecule has 0 aromatic carbocycles. The zero-order valence-electron chi connectivity index (χ0n) is 16.9. The van der Waals surface area contributed by atoms with Gasteiger partial charge in [-0.3, -0.25) is 14.2 Å². The number of nitriles is 1. The third-order valence-corrected chi connectivity index (χ3v) is 8.30. The van der Waals surface area contributed by atoms with Gasteiger partial charge in [-0.05, 0) is 54.8 Å². The lowest BCUT2D eigenvalue weighted by Gasteiger charge is -2.13. The van der Waals surface area contributed by atoms with Gasteiger partial charge in [0.1, 0.15) is 21.7 Å². The number of thiophene rings is 2. The van der Waals surface area contributed by atoms with Crippen LogP contribution in [0.1, 0.15) is 34.6 Å². The first-order valence-electron chi connectivity index (χ1n) is 10.1. The second-order valence-corrected chi connectivity index (χ2v) is 10.3. The van der Waals surface area contributed by atoms with Crippen molar-refractivity contribution in [3.8, 4) is 6.07 Å². The largest absolute Gasteiger partial charge is 0.467 e. The van der Waals surface area contributed by atoms with Crippen LogP contribution in [0.2, 0.25) is 0 Å². The van der Waals surface area contributed by atoms with Crippen molar-refractivity contribution in [1.82, 2.24) is 9.55 Å². The van der Waals surface area contributed by atoms with Gasteiger partial charge in [0.05, 0.1) is 29.5 Å². The topological polar surface area (TPSA) is 101 Å². The highest BCUT2D eigenvalue weighted by molar-refractivity contribution is 7.99. The maximum Gasteiger partial charge on any atom is 0.263 e. The van der Waals surface area contributed by atoms with Crippen LogP contribution in [0.4, 0.5) is 5.00 Å². The number of aromatic nitrogens is 2. The van der Waals surface area contributed by atoms with E-state index in [1.807, 2.05) is 6.07 Å². The second kappa shape index (κ2) is 8.94. The van der Waals surface area contributed by atoms with Crippen molar-refractivity contribution >= 4 is 55.6 Å². The second-order valence-electron chi connectivity index (χ2n) is 7.37. The van der Waals surface area contributed by atoms with E-state index in [1.54, 1.807) is 39.7 Å². The first-order valence-corrected chi connectivity index (χ1v) is 12.8. The molecule has 7 nitrogen and oxygen atoms in total. The molecule has 162 valence electrons. The van der Waals surface area contributed by atoms with Crippen molar-refractivity contribution in [2.45, 2.75) is 37.4 Å². The first kappa shape index (κ1) is 21.0. The lowest BCUT2D eigenvalue weighted by atomic mass is 9.97. The van der Waals surface area contributed by atoms with E-state index in [9.17, 15) is 9.59 Å². The van der Waals surface area contributed by atoms with Gasteiger partial charge < -0.3 is 9.73 Å². The molecule has 4 heterocycles. The number of carbonyl (C=O) groups excluding carboxylic acids is 1. The Bertz CT molecular complexity index is 1390. The summed E-state index contributed by atoms with van der Waals surface area (Å²) in [6.07, 6.45) is 5.69. The molecule has 0 bridgehead atoms. The van der Waals surface area contributed by atoms with E-state index in [2.05, 4.69) is 11.4 Å². The van der Waals surface area contributed by atoms with Gasteiger partial charge in [-0.2, -0.15) is 5.26 Å². The normalized spacial score (nSPS) is 13.1. The minimum absolute atomic E-state index is 0.0734. The van der Waals surface area contributed by atoms with Gasteiger partial charge in [0.2, 0.25) is 5.91 Å². The van der Waals surface area contributed by atoms with Gasteiger partial charge in [-0.1, -0.05) is 11.8 Å². The Hall–Kier alpha value is -2.87. The van der Waals surface area contributed by atoms with Crippen LogP contribution in [0, 0.1) is 11.3 Å². The summed E-state index contributed by atoms with van der Waals surface area (Å²) < 4.78 is 7.08. The SMILES string of the molecule is N#Cc1ccsc1NC(=O)CSc1nc2sc3c(c2c(=O)n1Cc1ccco1)CCCC3. The molecule has 0 unspecified atom stereocenters. The van der Waals surface area contributed by atoms with Gasteiger partial charge in [-0.15, -0.1) is 22.7 Å². The van der Waals surface area contributed by atoms with E-state index < -0.39 is 0 Å². The summed E-state index contributed by atoms with van der Waals surface area (Å²) in [5, 5.41) is 15.4. The molecule has 0 aliphatic heterocycles. The van der Waals surface area contributed by atoms with Crippen molar-refractivity contribution in [2.75, 3.05) is 11.1 Å². The minimum atomic E-state index is -0.252. The molecule has 1 amide bonds. The fourth-order valence-corrected chi connectivity index (χ4v) is 6.67. The summed E-state index contributed by atoms with van der Waals surface area (Å²) >= 11 is 4.11. The number of carbonyl (C=O) groups is 1. The molecular formula is C22H18N4O3S3. The predicted molar refractivity (Wildman–Crippen MR) is 127 cm³/mol. The fraction of sp³-hybridized carbons (Fsp3) is 0.273. The zero-order chi connectivity index (χ0) is 22.1. The van der Waals surface area contributed by atoms with Crippen LogP contribution < -0.4 is 10.9 Å². The number of rotatable bonds is 6. The molecule has 0 spiro atoms. The minimum Gasteiger partial charge on any atom is -0.467 e. The Morgan fingerprint density at radius 3 is 3.03 bits per heavy atom. The summed E-state index contributed by atoms with van der Waals surface area (Å²) in [5.41, 5.74) is 1.49. The summed E-state index contributed by atoms with van der Waals surface area (Å²) in [6, 6.07) is 7.34. The maximum absolute atomic E-state index is 13.5. The van der Waals surface area contributed by atoms with Crippen molar-refractivity contribution in [3.63, 3.8) is 0 Å². The molecule has 1 aliphatic carbocycles. The van der Waals surface area contributed by atoms with Crippen molar-refractivity contribution in [2.24, 2.45) is 0 Å². The summed E-state index contributed by atoms with van der Waals surface area (Å²) in [6.45, 7) is 0.257. The van der Waals surface area contributed by atoms with E-state index >= 15 is 0 Å². The Morgan fingerprint density at radius 1 is 1.34 bits per heavy atom. The number of fused-ring (bicyclic) bond motifs is 3. The highest BCUT2D eigenvalue weighted by Crippen LogP contribution is 2.35. The Labute approximate surface area is 195 Å². The molecule has 1 N–H and O–H groups in total. The Balaban J connectivity index is 1.47. The molecule has 0 atom stereocenters. The molecule has 1 aliphatic rings. The smallest absolute Gasteiger partial charge is 0.263 e. The van der Waals surface area contributed by atoms with E-state index in [-0.39, 0.29) is 23.8 Å². The van der Waals surface area contributed by atoms with Crippen LogP contribution in [-0.4, -0.2) is 21.2 Å². The lowest BCUT2D eigenvalue weighted by molar-refractivity contribution is -0.113. The number of nitrogens with one attached hydrogen (secondary N) is 1. The number of thioether (sulfide) groups is 1. The van der Waals surface area contributed by atoms with Crippen LogP contribution in [0.5, 0.6) is 0 Å². The number of nitrogens with zero attached hydrogens (tertiary/aromatic N) is 3. The number of amides is 1. The number of aryl methyl sites for hydroxylation is 2. The van der Waals surface area contributed by atoms with Gasteiger partial charge in [0, 0.05) is 4.88 Å². The van der Waals surface area contributed by atoms with Gasteiger partial charge >= 0.3 is 0 Å². The van der Waals surface area contributed by atoms with Crippen molar-refractivity contribution in [3.05, 3.63) is 62.0 Å². The van der Waals surface area contributed by atoms with E-state index in [4.69, 9.17) is 14.7 Å². The quantitative estimate of drug-likeness (QED) is 0.317. The zero-order valence-corrected chi connectivity index (χ0v) is 19.4. The monoisotopic (exact) mass is 482 g/mol. The number of anilines is 1. The molecule has 0 radical (unpaired) electrons. The maximum atomic E-state index is 13.5. The highest BCUT2D eigenvalue weighted by atomic mass is 32.2. The highest BCUT2D eigenvalue weighted by Gasteiger charge is 2.23. The van der Waals surface area contributed by atoms with Crippen LogP contribution in [-0.2, 0) is 24.2 Å². The molecule has 0 fully saturated rings. The molecule has 10 heteroatoms. The van der Waals surface area contributed by atoms with Crippen LogP contribution >= 0.6 is 34.4 Å². The average Bonchev–Trinajstić information content (AvgIpc) is 3.54. The molecule has 32 heavy (non-hydrogen) atoms. The molecule has 0 saturated carbocycles.